The summed E-state index contributed by atoms with van der Waals surface area (Å²) in [6, 6.07) is 20.4. The van der Waals surface area contributed by atoms with E-state index in [4.69, 9.17) is 16.6 Å². The molecule has 2 aromatic carbocycles. The van der Waals surface area contributed by atoms with Gasteiger partial charge in [-0.25, -0.2) is 0 Å². The van der Waals surface area contributed by atoms with Gasteiger partial charge in [0.25, 0.3) is 0 Å². The number of furan rings is 1. The molecule has 4 nitrogen and oxygen atoms in total. The number of thiocarbonyl (C=S) groups is 1. The maximum Gasteiger partial charge on any atom is 0.185 e. The van der Waals surface area contributed by atoms with Gasteiger partial charge in [-0.15, -0.1) is 0 Å². The molecule has 0 radical (unpaired) electrons. The summed E-state index contributed by atoms with van der Waals surface area (Å²) in [5.74, 6) is 0.553. The normalized spacial score (nSPS) is 10.6. The number of rotatable bonds is 5. The van der Waals surface area contributed by atoms with Crippen molar-refractivity contribution in [2.45, 2.75) is 0 Å². The van der Waals surface area contributed by atoms with Crippen LogP contribution in [0.1, 0.15) is 16.1 Å². The number of hydrogen-bond donors (Lipinski definition) is 2. The number of para-hydroxylation sites is 1. The Bertz CT molecular complexity index is 870. The fourth-order valence-corrected chi connectivity index (χ4v) is 2.41. The van der Waals surface area contributed by atoms with Crippen molar-refractivity contribution >= 4 is 40.6 Å². The molecule has 0 aliphatic rings. The number of ketones is 1. The van der Waals surface area contributed by atoms with Gasteiger partial charge in [-0.2, -0.15) is 0 Å². The van der Waals surface area contributed by atoms with Crippen LogP contribution in [0.2, 0.25) is 0 Å². The Morgan fingerprint density at radius 3 is 2.20 bits per heavy atom. The van der Waals surface area contributed by atoms with Crippen molar-refractivity contribution in [1.29, 1.82) is 0 Å². The first-order valence-corrected chi connectivity index (χ1v) is 8.10. The summed E-state index contributed by atoms with van der Waals surface area (Å²) in [6.07, 6.45) is 4.70. The first-order valence-electron chi connectivity index (χ1n) is 7.70. The van der Waals surface area contributed by atoms with E-state index in [2.05, 4.69) is 10.6 Å². The van der Waals surface area contributed by atoms with E-state index in [0.29, 0.717) is 16.4 Å². The van der Waals surface area contributed by atoms with Crippen LogP contribution in [0.4, 0.5) is 11.4 Å². The van der Waals surface area contributed by atoms with Crippen molar-refractivity contribution < 1.29 is 9.21 Å². The first kappa shape index (κ1) is 16.7. The highest BCUT2D eigenvalue weighted by molar-refractivity contribution is 7.80. The molecule has 2 N–H and O–H groups in total. The van der Waals surface area contributed by atoms with Gasteiger partial charge < -0.3 is 15.1 Å². The Kier molecular flexibility index (Phi) is 5.39. The predicted molar refractivity (Wildman–Crippen MR) is 105 cm³/mol. The minimum Gasteiger partial charge on any atom is -0.465 e. The SMILES string of the molecule is O=C(/C=C/c1ccco1)c1ccc(NC(=S)Nc2ccccc2)cc1. The van der Waals surface area contributed by atoms with Gasteiger partial charge in [-0.1, -0.05) is 18.2 Å². The van der Waals surface area contributed by atoms with E-state index in [1.165, 1.54) is 6.08 Å². The average molecular weight is 348 g/mol. The minimum absolute atomic E-state index is 0.0899. The second kappa shape index (κ2) is 8.08. The van der Waals surface area contributed by atoms with Crippen LogP contribution in [0.3, 0.4) is 0 Å². The standard InChI is InChI=1S/C20H16N2O2S/c23-19(13-12-18-7-4-14-24-18)15-8-10-17(11-9-15)22-20(25)21-16-5-2-1-3-6-16/h1-14H,(H2,21,22,25)/b13-12+. The summed E-state index contributed by atoms with van der Waals surface area (Å²) in [4.78, 5) is 12.1. The highest BCUT2D eigenvalue weighted by atomic mass is 32.1. The van der Waals surface area contributed by atoms with E-state index >= 15 is 0 Å². The Morgan fingerprint density at radius 1 is 0.880 bits per heavy atom. The Balaban J connectivity index is 1.58. The maximum absolute atomic E-state index is 12.1. The van der Waals surface area contributed by atoms with E-state index in [-0.39, 0.29) is 5.78 Å². The van der Waals surface area contributed by atoms with Crippen molar-refractivity contribution in [1.82, 2.24) is 0 Å². The van der Waals surface area contributed by atoms with Crippen LogP contribution in [-0.2, 0) is 0 Å². The van der Waals surface area contributed by atoms with Gasteiger partial charge in [0.2, 0.25) is 0 Å². The largest absolute Gasteiger partial charge is 0.465 e. The Morgan fingerprint density at radius 2 is 1.56 bits per heavy atom. The molecule has 3 rings (SSSR count). The molecule has 124 valence electrons. The van der Waals surface area contributed by atoms with E-state index in [1.807, 2.05) is 42.5 Å². The number of carbonyl (C=O) groups excluding carboxylic acids is 1. The van der Waals surface area contributed by atoms with Gasteiger partial charge in [-0.05, 0) is 72.9 Å². The third-order valence-corrected chi connectivity index (χ3v) is 3.61. The van der Waals surface area contributed by atoms with Crippen molar-refractivity contribution in [3.8, 4) is 0 Å². The van der Waals surface area contributed by atoms with Crippen LogP contribution in [0.15, 0.2) is 83.5 Å². The molecule has 0 unspecified atom stereocenters. The molecule has 0 fully saturated rings. The number of carbonyl (C=O) groups is 1. The predicted octanol–water partition coefficient (Wildman–Crippen LogP) is 4.98. The molecule has 0 aliphatic carbocycles. The summed E-state index contributed by atoms with van der Waals surface area (Å²) in [5.41, 5.74) is 2.31. The lowest BCUT2D eigenvalue weighted by Crippen LogP contribution is -2.18. The van der Waals surface area contributed by atoms with Gasteiger partial charge in [0, 0.05) is 16.9 Å². The molecule has 3 aromatic rings. The summed E-state index contributed by atoms with van der Waals surface area (Å²) >= 11 is 5.28. The topological polar surface area (TPSA) is 54.3 Å². The van der Waals surface area contributed by atoms with Crippen molar-refractivity contribution in [3.05, 3.63) is 90.4 Å². The van der Waals surface area contributed by atoms with Crippen molar-refractivity contribution in [2.24, 2.45) is 0 Å². The molecular weight excluding hydrogens is 332 g/mol. The molecule has 0 saturated carbocycles. The third-order valence-electron chi connectivity index (χ3n) is 3.40. The van der Waals surface area contributed by atoms with Crippen molar-refractivity contribution in [2.75, 3.05) is 10.6 Å². The van der Waals surface area contributed by atoms with Crippen LogP contribution >= 0.6 is 12.2 Å². The van der Waals surface area contributed by atoms with E-state index in [9.17, 15) is 4.79 Å². The Labute approximate surface area is 151 Å². The molecule has 5 heteroatoms. The molecule has 1 heterocycles. The van der Waals surface area contributed by atoms with E-state index in [1.54, 1.807) is 36.6 Å². The van der Waals surface area contributed by atoms with E-state index < -0.39 is 0 Å². The number of allylic oxidation sites excluding steroid dienone is 1. The number of anilines is 2. The lowest BCUT2D eigenvalue weighted by Gasteiger charge is -2.10. The van der Waals surface area contributed by atoms with Gasteiger partial charge in [0.15, 0.2) is 10.9 Å². The van der Waals surface area contributed by atoms with Crippen LogP contribution in [0.5, 0.6) is 0 Å². The highest BCUT2D eigenvalue weighted by Gasteiger charge is 2.03. The van der Waals surface area contributed by atoms with Gasteiger partial charge in [0.05, 0.1) is 6.26 Å². The third kappa shape index (κ3) is 4.89. The molecule has 0 aliphatic heterocycles. The zero-order valence-corrected chi connectivity index (χ0v) is 14.1. The zero-order valence-electron chi connectivity index (χ0n) is 13.3. The lowest BCUT2D eigenvalue weighted by molar-refractivity contribution is 0.104. The molecule has 0 bridgehead atoms. The molecule has 0 atom stereocenters. The van der Waals surface area contributed by atoms with Crippen molar-refractivity contribution in [3.63, 3.8) is 0 Å². The molecule has 0 saturated heterocycles. The number of hydrogen-bond acceptors (Lipinski definition) is 3. The second-order valence-corrected chi connectivity index (χ2v) is 5.64. The fourth-order valence-electron chi connectivity index (χ4n) is 2.17. The van der Waals surface area contributed by atoms with Gasteiger partial charge >= 0.3 is 0 Å². The van der Waals surface area contributed by atoms with Crippen LogP contribution in [0, 0.1) is 0 Å². The van der Waals surface area contributed by atoms with Gasteiger partial charge in [-0.3, -0.25) is 4.79 Å². The Hall–Kier alpha value is -3.18. The molecular formula is C20H16N2O2S. The molecule has 0 spiro atoms. The molecule has 25 heavy (non-hydrogen) atoms. The zero-order chi connectivity index (χ0) is 17.5. The summed E-state index contributed by atoms with van der Waals surface area (Å²) in [7, 11) is 0. The van der Waals surface area contributed by atoms with Crippen LogP contribution < -0.4 is 10.6 Å². The van der Waals surface area contributed by atoms with Crippen LogP contribution in [-0.4, -0.2) is 10.9 Å². The second-order valence-electron chi connectivity index (χ2n) is 5.24. The smallest absolute Gasteiger partial charge is 0.185 e. The highest BCUT2D eigenvalue weighted by Crippen LogP contribution is 2.13. The summed E-state index contributed by atoms with van der Waals surface area (Å²) < 4.78 is 5.16. The number of nitrogens with one attached hydrogen (secondary N) is 2. The van der Waals surface area contributed by atoms with Crippen LogP contribution in [0.25, 0.3) is 6.08 Å². The first-order chi connectivity index (χ1) is 12.2. The molecule has 0 amide bonds. The number of benzene rings is 2. The summed E-state index contributed by atoms with van der Waals surface area (Å²) in [5, 5.41) is 6.67. The molecule has 1 aromatic heterocycles. The quantitative estimate of drug-likeness (QED) is 0.387. The van der Waals surface area contributed by atoms with Gasteiger partial charge in [0.1, 0.15) is 5.76 Å². The lowest BCUT2D eigenvalue weighted by atomic mass is 10.1. The average Bonchev–Trinajstić information content (AvgIpc) is 3.14. The minimum atomic E-state index is -0.0899. The summed E-state index contributed by atoms with van der Waals surface area (Å²) in [6.45, 7) is 0. The van der Waals surface area contributed by atoms with E-state index in [0.717, 1.165) is 11.4 Å². The monoisotopic (exact) mass is 348 g/mol. The fraction of sp³-hybridized carbons (Fsp3) is 0. The maximum atomic E-state index is 12.1.